The zero-order chi connectivity index (χ0) is 19.2. The summed E-state index contributed by atoms with van der Waals surface area (Å²) < 4.78 is 62.1. The number of hydrogen-bond acceptors (Lipinski definition) is 4. The molecule has 0 aliphatic carbocycles. The van der Waals surface area contributed by atoms with Gasteiger partial charge in [0, 0.05) is 0 Å². The zero-order valence-electron chi connectivity index (χ0n) is 14.3. The van der Waals surface area contributed by atoms with E-state index in [1.54, 1.807) is 0 Å². The molecule has 0 bridgehead atoms. The molecule has 0 fully saturated rings. The van der Waals surface area contributed by atoms with Crippen LogP contribution in [0.3, 0.4) is 0 Å². The Labute approximate surface area is 154 Å². The van der Waals surface area contributed by atoms with Crippen LogP contribution in [-0.4, -0.2) is 5.08 Å². The standard InChI is InChI=1S/C13H8F4O2S2.2C2H6/c14-8-3-1-5-10(12(8)16)18-20-7-21-19-11-6-2-4-9(15)13(11)17;2*1-2/h1-6H,7H2;2*1-2H3. The first-order chi connectivity index (χ1) is 12.1. The summed E-state index contributed by atoms with van der Waals surface area (Å²) in [5.41, 5.74) is 0. The van der Waals surface area contributed by atoms with Gasteiger partial charge in [0.15, 0.2) is 23.1 Å². The third-order valence-electron chi connectivity index (χ3n) is 2.23. The summed E-state index contributed by atoms with van der Waals surface area (Å²) in [6, 6.07) is 7.08. The molecule has 0 spiro atoms. The monoisotopic (exact) mass is 396 g/mol. The Morgan fingerprint density at radius 3 is 1.40 bits per heavy atom. The van der Waals surface area contributed by atoms with Crippen LogP contribution in [0.25, 0.3) is 0 Å². The van der Waals surface area contributed by atoms with Gasteiger partial charge < -0.3 is 8.37 Å². The topological polar surface area (TPSA) is 18.5 Å². The number of halogens is 4. The number of rotatable bonds is 6. The molecule has 0 aliphatic heterocycles. The van der Waals surface area contributed by atoms with Gasteiger partial charge in [0.25, 0.3) is 0 Å². The molecule has 0 aromatic heterocycles. The molecule has 0 saturated heterocycles. The summed E-state index contributed by atoms with van der Waals surface area (Å²) >= 11 is 1.55. The van der Waals surface area contributed by atoms with E-state index in [-0.39, 0.29) is 16.6 Å². The summed E-state index contributed by atoms with van der Waals surface area (Å²) in [5.74, 6) is -4.72. The Morgan fingerprint density at radius 1 is 0.680 bits per heavy atom. The molecule has 0 N–H and O–H groups in total. The molecule has 0 radical (unpaired) electrons. The highest BCUT2D eigenvalue weighted by Gasteiger charge is 2.11. The van der Waals surface area contributed by atoms with Gasteiger partial charge in [-0.1, -0.05) is 39.8 Å². The summed E-state index contributed by atoms with van der Waals surface area (Å²) in [5, 5.41) is 0.131. The molecule has 140 valence electrons. The lowest BCUT2D eigenvalue weighted by atomic mass is 10.3. The maximum absolute atomic E-state index is 13.2. The Bertz CT molecular complexity index is 574. The van der Waals surface area contributed by atoms with E-state index in [0.29, 0.717) is 0 Å². The van der Waals surface area contributed by atoms with Crippen molar-refractivity contribution in [2.75, 3.05) is 5.08 Å². The zero-order valence-corrected chi connectivity index (χ0v) is 15.9. The van der Waals surface area contributed by atoms with Gasteiger partial charge in [0.05, 0.1) is 24.1 Å². The molecule has 8 heteroatoms. The first kappa shape index (κ1) is 23.5. The van der Waals surface area contributed by atoms with Gasteiger partial charge in [-0.3, -0.25) is 0 Å². The molecule has 0 aliphatic rings. The molecule has 2 aromatic rings. The van der Waals surface area contributed by atoms with Crippen molar-refractivity contribution in [2.24, 2.45) is 0 Å². The highest BCUT2D eigenvalue weighted by atomic mass is 32.2. The van der Waals surface area contributed by atoms with Gasteiger partial charge in [0.1, 0.15) is 5.08 Å². The van der Waals surface area contributed by atoms with Crippen molar-refractivity contribution >= 4 is 24.1 Å². The Hall–Kier alpha value is -1.54. The molecule has 0 atom stereocenters. The molecule has 25 heavy (non-hydrogen) atoms. The fourth-order valence-electron chi connectivity index (χ4n) is 1.29. The van der Waals surface area contributed by atoms with E-state index >= 15 is 0 Å². The predicted octanol–water partition coefficient (Wildman–Crippen LogP) is 7.01. The summed E-state index contributed by atoms with van der Waals surface area (Å²) in [6.07, 6.45) is 0. The summed E-state index contributed by atoms with van der Waals surface area (Å²) in [6.45, 7) is 8.00. The van der Waals surface area contributed by atoms with E-state index in [1.807, 2.05) is 27.7 Å². The lowest BCUT2D eigenvalue weighted by Gasteiger charge is -2.06. The third-order valence-corrected chi connectivity index (χ3v) is 3.59. The quantitative estimate of drug-likeness (QED) is 0.226. The second-order valence-corrected chi connectivity index (χ2v) is 5.37. The predicted molar refractivity (Wildman–Crippen MR) is 96.7 cm³/mol. The van der Waals surface area contributed by atoms with Crippen LogP contribution >= 0.6 is 24.1 Å². The van der Waals surface area contributed by atoms with Crippen molar-refractivity contribution in [1.82, 2.24) is 0 Å². The van der Waals surface area contributed by atoms with E-state index in [9.17, 15) is 17.6 Å². The molecular weight excluding hydrogens is 376 g/mol. The van der Waals surface area contributed by atoms with E-state index in [1.165, 1.54) is 24.3 Å². The van der Waals surface area contributed by atoms with Crippen LogP contribution in [0.1, 0.15) is 27.7 Å². The average Bonchev–Trinajstić information content (AvgIpc) is 2.65. The molecule has 2 aromatic carbocycles. The van der Waals surface area contributed by atoms with Crippen molar-refractivity contribution in [1.29, 1.82) is 0 Å². The average molecular weight is 396 g/mol. The van der Waals surface area contributed by atoms with Gasteiger partial charge in [-0.05, 0) is 24.3 Å². The van der Waals surface area contributed by atoms with Crippen molar-refractivity contribution < 1.29 is 25.9 Å². The molecule has 0 unspecified atom stereocenters. The van der Waals surface area contributed by atoms with E-state index in [0.717, 1.165) is 36.2 Å². The minimum Gasteiger partial charge on any atom is -0.422 e. The van der Waals surface area contributed by atoms with Gasteiger partial charge >= 0.3 is 0 Å². The van der Waals surface area contributed by atoms with E-state index < -0.39 is 23.3 Å². The minimum absolute atomic E-state index is 0.131. The highest BCUT2D eigenvalue weighted by Crippen LogP contribution is 2.27. The molecule has 0 amide bonds. The van der Waals surface area contributed by atoms with E-state index in [4.69, 9.17) is 8.37 Å². The van der Waals surface area contributed by atoms with Crippen molar-refractivity contribution in [2.45, 2.75) is 27.7 Å². The first-order valence-corrected chi connectivity index (χ1v) is 9.38. The maximum atomic E-state index is 13.2. The molecule has 0 saturated carbocycles. The van der Waals surface area contributed by atoms with Crippen LogP contribution in [0.5, 0.6) is 11.5 Å². The molecule has 0 heterocycles. The minimum atomic E-state index is -1.09. The third kappa shape index (κ3) is 7.92. The largest absolute Gasteiger partial charge is 0.422 e. The van der Waals surface area contributed by atoms with Crippen LogP contribution in [0, 0.1) is 23.3 Å². The normalized spacial score (nSPS) is 9.28. The fraction of sp³-hybridized carbons (Fsp3) is 0.294. The molecule has 2 rings (SSSR count). The van der Waals surface area contributed by atoms with Crippen LogP contribution in [0.4, 0.5) is 17.6 Å². The van der Waals surface area contributed by atoms with Gasteiger partial charge in [-0.2, -0.15) is 8.78 Å². The van der Waals surface area contributed by atoms with Crippen LogP contribution < -0.4 is 8.37 Å². The molecule has 2 nitrogen and oxygen atoms in total. The van der Waals surface area contributed by atoms with Gasteiger partial charge in [0.2, 0.25) is 11.6 Å². The van der Waals surface area contributed by atoms with Crippen molar-refractivity contribution in [3.8, 4) is 11.5 Å². The maximum Gasteiger partial charge on any atom is 0.202 e. The van der Waals surface area contributed by atoms with Gasteiger partial charge in [-0.15, -0.1) is 0 Å². The molecular formula is C17H20F4O2S2. The smallest absolute Gasteiger partial charge is 0.202 e. The Kier molecular flexibility index (Phi) is 12.9. The second kappa shape index (κ2) is 13.7. The summed E-state index contributed by atoms with van der Waals surface area (Å²) in [7, 11) is 0. The van der Waals surface area contributed by atoms with Crippen LogP contribution in [0.15, 0.2) is 36.4 Å². The second-order valence-electron chi connectivity index (χ2n) is 3.62. The Balaban J connectivity index is 0.00000134. The van der Waals surface area contributed by atoms with E-state index in [2.05, 4.69) is 0 Å². The number of hydrogen-bond donors (Lipinski definition) is 0. The Morgan fingerprint density at radius 2 is 1.04 bits per heavy atom. The number of benzene rings is 2. The lowest BCUT2D eigenvalue weighted by molar-refractivity contribution is 0.471. The van der Waals surface area contributed by atoms with Gasteiger partial charge in [-0.25, -0.2) is 8.78 Å². The lowest BCUT2D eigenvalue weighted by Crippen LogP contribution is -1.93. The SMILES string of the molecule is CC.CC.Fc1cccc(OSCSOc2cccc(F)c2F)c1F. The first-order valence-electron chi connectivity index (χ1n) is 7.56. The summed E-state index contributed by atoms with van der Waals surface area (Å²) in [4.78, 5) is 0. The van der Waals surface area contributed by atoms with Crippen LogP contribution in [0.2, 0.25) is 0 Å². The van der Waals surface area contributed by atoms with Crippen molar-refractivity contribution in [3.05, 3.63) is 59.7 Å². The van der Waals surface area contributed by atoms with Crippen molar-refractivity contribution in [3.63, 3.8) is 0 Å². The highest BCUT2D eigenvalue weighted by molar-refractivity contribution is 8.12. The van der Waals surface area contributed by atoms with Crippen LogP contribution in [-0.2, 0) is 0 Å². The fourth-order valence-corrected chi connectivity index (χ4v) is 2.34.